The van der Waals surface area contributed by atoms with Crippen molar-refractivity contribution in [2.24, 2.45) is 11.8 Å². The molecule has 2 N–H and O–H groups in total. The van der Waals surface area contributed by atoms with Crippen LogP contribution in [0.1, 0.15) is 25.3 Å². The van der Waals surface area contributed by atoms with Crippen LogP contribution >= 0.6 is 0 Å². The highest BCUT2D eigenvalue weighted by Crippen LogP contribution is 2.40. The average Bonchev–Trinajstić information content (AvgIpc) is 3.45. The van der Waals surface area contributed by atoms with E-state index in [1.54, 1.807) is 36.4 Å². The monoisotopic (exact) mass is 421 g/mol. The standard InChI is InChI=1S/C22H23N5O2S/c1-14-20-10-17(9-15(20)12-24-14)26-21-16(11-23)13-25-22-19(21)7-8-27(22)30(28,29)18-5-3-2-4-6-18/h2-8,13-15,17,20,24H,9-10,12H2,1H3,(H,25,26). The molecule has 1 aromatic carbocycles. The van der Waals surface area contributed by atoms with Gasteiger partial charge in [0.25, 0.3) is 10.0 Å². The second-order valence-electron chi connectivity index (χ2n) is 8.26. The van der Waals surface area contributed by atoms with Crippen molar-refractivity contribution in [3.8, 4) is 6.07 Å². The van der Waals surface area contributed by atoms with Gasteiger partial charge in [0.05, 0.1) is 16.1 Å². The Kier molecular flexibility index (Phi) is 4.53. The zero-order chi connectivity index (χ0) is 20.9. The molecule has 2 aromatic heterocycles. The van der Waals surface area contributed by atoms with Crippen LogP contribution in [0.2, 0.25) is 0 Å². The topological polar surface area (TPSA) is 99.8 Å². The Morgan fingerprint density at radius 2 is 2.03 bits per heavy atom. The van der Waals surface area contributed by atoms with Crippen LogP contribution in [0, 0.1) is 23.2 Å². The molecule has 4 unspecified atom stereocenters. The van der Waals surface area contributed by atoms with Crippen LogP contribution in [0.3, 0.4) is 0 Å². The Balaban J connectivity index is 1.54. The van der Waals surface area contributed by atoms with Crippen molar-refractivity contribution < 1.29 is 8.42 Å². The van der Waals surface area contributed by atoms with E-state index in [-0.39, 0.29) is 10.9 Å². The summed E-state index contributed by atoms with van der Waals surface area (Å²) in [6, 6.07) is 13.0. The van der Waals surface area contributed by atoms with Gasteiger partial charge in [0.2, 0.25) is 0 Å². The Morgan fingerprint density at radius 1 is 1.23 bits per heavy atom. The number of nitrogens with zero attached hydrogens (tertiary/aromatic N) is 3. The van der Waals surface area contributed by atoms with Gasteiger partial charge in [0, 0.05) is 29.9 Å². The Morgan fingerprint density at radius 3 is 2.77 bits per heavy atom. The van der Waals surface area contributed by atoms with Crippen LogP contribution < -0.4 is 10.6 Å². The number of rotatable bonds is 4. The highest BCUT2D eigenvalue weighted by atomic mass is 32.2. The molecule has 1 saturated carbocycles. The second kappa shape index (κ2) is 7.11. The minimum atomic E-state index is -3.77. The molecular weight excluding hydrogens is 398 g/mol. The molecule has 3 heterocycles. The smallest absolute Gasteiger partial charge is 0.269 e. The van der Waals surface area contributed by atoms with E-state index in [0.29, 0.717) is 40.2 Å². The van der Waals surface area contributed by atoms with E-state index in [0.717, 1.165) is 19.4 Å². The molecule has 2 fully saturated rings. The Bertz CT molecular complexity index is 1250. The van der Waals surface area contributed by atoms with Crippen LogP contribution in [-0.4, -0.2) is 36.0 Å². The predicted molar refractivity (Wildman–Crippen MR) is 115 cm³/mol. The average molecular weight is 422 g/mol. The third-order valence-corrected chi connectivity index (χ3v) is 8.22. The molecular formula is C22H23N5O2S. The van der Waals surface area contributed by atoms with E-state index in [4.69, 9.17) is 0 Å². The van der Waals surface area contributed by atoms with Crippen molar-refractivity contribution in [3.63, 3.8) is 0 Å². The molecule has 30 heavy (non-hydrogen) atoms. The summed E-state index contributed by atoms with van der Waals surface area (Å²) in [7, 11) is -3.77. The Hall–Kier alpha value is -2.89. The van der Waals surface area contributed by atoms with Crippen molar-refractivity contribution in [1.82, 2.24) is 14.3 Å². The highest BCUT2D eigenvalue weighted by molar-refractivity contribution is 7.90. The lowest BCUT2D eigenvalue weighted by molar-refractivity contribution is 0.431. The molecule has 0 radical (unpaired) electrons. The largest absolute Gasteiger partial charge is 0.381 e. The lowest BCUT2D eigenvalue weighted by Crippen LogP contribution is -2.26. The van der Waals surface area contributed by atoms with Gasteiger partial charge in [-0.2, -0.15) is 5.26 Å². The fourth-order valence-electron chi connectivity index (χ4n) is 5.02. The molecule has 5 rings (SSSR count). The van der Waals surface area contributed by atoms with Gasteiger partial charge < -0.3 is 10.6 Å². The minimum Gasteiger partial charge on any atom is -0.381 e. The predicted octanol–water partition coefficient (Wildman–Crippen LogP) is 2.94. The maximum Gasteiger partial charge on any atom is 0.269 e. The maximum absolute atomic E-state index is 13.1. The minimum absolute atomic E-state index is 0.202. The fourth-order valence-corrected chi connectivity index (χ4v) is 6.34. The fraction of sp³-hybridized carbons (Fsp3) is 0.364. The molecule has 1 aliphatic carbocycles. The van der Waals surface area contributed by atoms with Crippen molar-refractivity contribution in [1.29, 1.82) is 5.26 Å². The molecule has 2 aliphatic rings. The van der Waals surface area contributed by atoms with Gasteiger partial charge in [-0.1, -0.05) is 18.2 Å². The van der Waals surface area contributed by atoms with Crippen LogP contribution in [0.5, 0.6) is 0 Å². The number of aromatic nitrogens is 2. The van der Waals surface area contributed by atoms with Crippen molar-refractivity contribution in [2.45, 2.75) is 36.7 Å². The van der Waals surface area contributed by atoms with Gasteiger partial charge in [-0.25, -0.2) is 17.4 Å². The summed E-state index contributed by atoms with van der Waals surface area (Å²) in [6.07, 6.45) is 5.06. The molecule has 4 atom stereocenters. The number of hydrogen-bond acceptors (Lipinski definition) is 6. The van der Waals surface area contributed by atoms with Gasteiger partial charge in [-0.05, 0) is 56.3 Å². The van der Waals surface area contributed by atoms with E-state index >= 15 is 0 Å². The number of anilines is 1. The molecule has 1 saturated heterocycles. The van der Waals surface area contributed by atoms with Crippen molar-refractivity contribution in [3.05, 3.63) is 54.4 Å². The summed E-state index contributed by atoms with van der Waals surface area (Å²) < 4.78 is 27.4. The van der Waals surface area contributed by atoms with E-state index in [1.807, 2.05) is 0 Å². The number of nitriles is 1. The first-order chi connectivity index (χ1) is 14.5. The molecule has 0 amide bonds. The van der Waals surface area contributed by atoms with Gasteiger partial charge >= 0.3 is 0 Å². The highest BCUT2D eigenvalue weighted by Gasteiger charge is 2.41. The van der Waals surface area contributed by atoms with Crippen LogP contribution in [-0.2, 0) is 10.0 Å². The van der Waals surface area contributed by atoms with E-state index in [1.165, 1.54) is 16.4 Å². The van der Waals surface area contributed by atoms with Gasteiger partial charge in [-0.15, -0.1) is 0 Å². The number of benzene rings is 1. The summed E-state index contributed by atoms with van der Waals surface area (Å²) in [6.45, 7) is 3.26. The molecule has 7 nitrogen and oxygen atoms in total. The first kappa shape index (κ1) is 19.1. The molecule has 3 aromatic rings. The van der Waals surface area contributed by atoms with Crippen LogP contribution in [0.15, 0.2) is 53.7 Å². The summed E-state index contributed by atoms with van der Waals surface area (Å²) in [5, 5.41) is 17.4. The summed E-state index contributed by atoms with van der Waals surface area (Å²) >= 11 is 0. The number of hydrogen-bond donors (Lipinski definition) is 2. The third-order valence-electron chi connectivity index (χ3n) is 6.54. The third kappa shape index (κ3) is 2.97. The van der Waals surface area contributed by atoms with Crippen LogP contribution in [0.4, 0.5) is 5.69 Å². The summed E-state index contributed by atoms with van der Waals surface area (Å²) in [4.78, 5) is 4.52. The van der Waals surface area contributed by atoms with Crippen molar-refractivity contribution >= 4 is 26.7 Å². The lowest BCUT2D eigenvalue weighted by atomic mass is 9.95. The Labute approximate surface area is 175 Å². The maximum atomic E-state index is 13.1. The number of nitrogens with one attached hydrogen (secondary N) is 2. The second-order valence-corrected chi connectivity index (χ2v) is 10.1. The van der Waals surface area contributed by atoms with E-state index in [9.17, 15) is 13.7 Å². The van der Waals surface area contributed by atoms with Gasteiger partial charge in [0.15, 0.2) is 5.65 Å². The van der Waals surface area contributed by atoms with Crippen LogP contribution in [0.25, 0.3) is 11.0 Å². The van der Waals surface area contributed by atoms with E-state index in [2.05, 4.69) is 28.6 Å². The first-order valence-electron chi connectivity index (χ1n) is 10.2. The zero-order valence-corrected chi connectivity index (χ0v) is 17.4. The summed E-state index contributed by atoms with van der Waals surface area (Å²) in [5.41, 5.74) is 1.43. The molecule has 1 aliphatic heterocycles. The summed E-state index contributed by atoms with van der Waals surface area (Å²) in [5.74, 6) is 1.27. The van der Waals surface area contributed by atoms with Crippen molar-refractivity contribution in [2.75, 3.05) is 11.9 Å². The van der Waals surface area contributed by atoms with Gasteiger partial charge in [0.1, 0.15) is 6.07 Å². The molecule has 0 bridgehead atoms. The normalized spacial score (nSPS) is 25.9. The zero-order valence-electron chi connectivity index (χ0n) is 16.6. The quantitative estimate of drug-likeness (QED) is 0.672. The molecule has 154 valence electrons. The number of pyridine rings is 1. The molecule has 8 heteroatoms. The first-order valence-corrected chi connectivity index (χ1v) is 11.6. The molecule has 0 spiro atoms. The van der Waals surface area contributed by atoms with Gasteiger partial charge in [-0.3, -0.25) is 0 Å². The van der Waals surface area contributed by atoms with E-state index < -0.39 is 10.0 Å². The lowest BCUT2D eigenvalue weighted by Gasteiger charge is -2.19. The number of fused-ring (bicyclic) bond motifs is 2. The SMILES string of the molecule is CC1NCC2CC(Nc3c(C#N)cnc4c3ccn4S(=O)(=O)c3ccccc3)CC21.